The molecule has 1 amide bonds. The number of anilines is 1. The van der Waals surface area contributed by atoms with Gasteiger partial charge in [0.25, 0.3) is 11.6 Å². The van der Waals surface area contributed by atoms with Gasteiger partial charge in [-0.2, -0.15) is 0 Å². The maximum atomic E-state index is 12.5. The first kappa shape index (κ1) is 15.9. The van der Waals surface area contributed by atoms with Gasteiger partial charge in [0.2, 0.25) is 0 Å². The van der Waals surface area contributed by atoms with Crippen molar-refractivity contribution in [2.75, 3.05) is 31.1 Å². The molecule has 1 aliphatic rings. The number of benzene rings is 1. The summed E-state index contributed by atoms with van der Waals surface area (Å²) in [7, 11) is 0. The zero-order valence-electron chi connectivity index (χ0n) is 13.4. The first-order chi connectivity index (χ1) is 11.6. The molecule has 0 aliphatic carbocycles. The second kappa shape index (κ2) is 6.66. The largest absolute Gasteiger partial charge is 0.362 e. The molecule has 1 aromatic heterocycles. The van der Waals surface area contributed by atoms with E-state index in [2.05, 4.69) is 4.98 Å². The Morgan fingerprint density at radius 1 is 1.08 bits per heavy atom. The molecule has 1 aromatic carbocycles. The number of para-hydroxylation sites is 2. The Morgan fingerprint density at radius 2 is 1.79 bits per heavy atom. The summed E-state index contributed by atoms with van der Waals surface area (Å²) in [6.07, 6.45) is 0. The van der Waals surface area contributed by atoms with Crippen molar-refractivity contribution in [2.45, 2.75) is 6.92 Å². The molecule has 0 N–H and O–H groups in total. The van der Waals surface area contributed by atoms with Crippen LogP contribution in [-0.2, 0) is 0 Å². The van der Waals surface area contributed by atoms with Crippen LogP contribution in [0.2, 0.25) is 0 Å². The van der Waals surface area contributed by atoms with E-state index in [0.717, 1.165) is 5.69 Å². The van der Waals surface area contributed by atoms with Gasteiger partial charge in [-0.3, -0.25) is 14.9 Å². The van der Waals surface area contributed by atoms with Crippen LogP contribution in [0.15, 0.2) is 42.5 Å². The highest BCUT2D eigenvalue weighted by Gasteiger charge is 2.26. The number of rotatable bonds is 3. The summed E-state index contributed by atoms with van der Waals surface area (Å²) in [5.74, 6) is -0.0964. The lowest BCUT2D eigenvalue weighted by Crippen LogP contribution is -2.49. The van der Waals surface area contributed by atoms with Crippen LogP contribution < -0.4 is 4.90 Å². The average Bonchev–Trinajstić information content (AvgIpc) is 2.61. The molecule has 3 rings (SSSR count). The second-order valence-corrected chi connectivity index (χ2v) is 5.69. The summed E-state index contributed by atoms with van der Waals surface area (Å²) >= 11 is 0. The Balaban J connectivity index is 1.70. The van der Waals surface area contributed by atoms with Crippen LogP contribution in [0.5, 0.6) is 0 Å². The van der Waals surface area contributed by atoms with Crippen LogP contribution in [0.3, 0.4) is 0 Å². The van der Waals surface area contributed by atoms with E-state index in [-0.39, 0.29) is 16.5 Å². The minimum Gasteiger partial charge on any atom is -0.362 e. The summed E-state index contributed by atoms with van der Waals surface area (Å²) in [5.41, 5.74) is 1.94. The van der Waals surface area contributed by atoms with E-state index in [4.69, 9.17) is 0 Å². The van der Waals surface area contributed by atoms with Gasteiger partial charge in [-0.1, -0.05) is 18.2 Å². The molecule has 0 spiro atoms. The van der Waals surface area contributed by atoms with Crippen molar-refractivity contribution in [3.8, 4) is 0 Å². The zero-order chi connectivity index (χ0) is 17.1. The summed E-state index contributed by atoms with van der Waals surface area (Å²) < 4.78 is 0. The van der Waals surface area contributed by atoms with Crippen LogP contribution in [0.25, 0.3) is 0 Å². The minimum atomic E-state index is -0.372. The van der Waals surface area contributed by atoms with E-state index in [0.29, 0.717) is 37.6 Å². The first-order valence-corrected chi connectivity index (χ1v) is 7.77. The fourth-order valence-electron chi connectivity index (χ4n) is 2.86. The second-order valence-electron chi connectivity index (χ2n) is 5.69. The van der Waals surface area contributed by atoms with Crippen LogP contribution in [-0.4, -0.2) is 46.9 Å². The van der Waals surface area contributed by atoms with Crippen LogP contribution in [0, 0.1) is 17.0 Å². The number of aromatic nitrogens is 1. The van der Waals surface area contributed by atoms with E-state index in [1.807, 2.05) is 24.0 Å². The van der Waals surface area contributed by atoms with Crippen molar-refractivity contribution in [1.82, 2.24) is 9.88 Å². The number of carbonyl (C=O) groups is 1. The lowest BCUT2D eigenvalue weighted by molar-refractivity contribution is -0.384. The molecule has 24 heavy (non-hydrogen) atoms. The van der Waals surface area contributed by atoms with Gasteiger partial charge >= 0.3 is 0 Å². The van der Waals surface area contributed by atoms with Crippen LogP contribution in [0.1, 0.15) is 16.2 Å². The molecule has 2 heterocycles. The highest BCUT2D eigenvalue weighted by atomic mass is 16.6. The number of carbonyl (C=O) groups excluding carboxylic acids is 1. The first-order valence-electron chi connectivity index (χ1n) is 7.77. The average molecular weight is 326 g/mol. The normalized spacial score (nSPS) is 14.5. The summed E-state index contributed by atoms with van der Waals surface area (Å²) in [5, 5.41) is 11.2. The fraction of sp³-hybridized carbons (Fsp3) is 0.294. The van der Waals surface area contributed by atoms with E-state index in [1.54, 1.807) is 29.2 Å². The predicted octanol–water partition coefficient (Wildman–Crippen LogP) is 2.26. The van der Waals surface area contributed by atoms with Gasteiger partial charge in [0.15, 0.2) is 0 Å². The van der Waals surface area contributed by atoms with Crippen molar-refractivity contribution < 1.29 is 9.72 Å². The van der Waals surface area contributed by atoms with Crippen molar-refractivity contribution in [1.29, 1.82) is 0 Å². The number of hydrogen-bond acceptors (Lipinski definition) is 5. The third-order valence-electron chi connectivity index (χ3n) is 4.09. The van der Waals surface area contributed by atoms with Crippen LogP contribution in [0.4, 0.5) is 11.4 Å². The summed E-state index contributed by atoms with van der Waals surface area (Å²) in [6.45, 7) is 4.00. The molecule has 0 bridgehead atoms. The van der Waals surface area contributed by atoms with Gasteiger partial charge in [-0.05, 0) is 25.1 Å². The maximum absolute atomic E-state index is 12.5. The fourth-order valence-corrected chi connectivity index (χ4v) is 2.86. The van der Waals surface area contributed by atoms with E-state index >= 15 is 0 Å². The number of piperazine rings is 1. The monoisotopic (exact) mass is 326 g/mol. The molecule has 7 nitrogen and oxygen atoms in total. The third kappa shape index (κ3) is 3.19. The standard InChI is InChI=1S/C17H18N4O3/c1-13-5-4-6-14(18-13)17(22)20-11-9-19(10-12-20)15-7-2-3-8-16(15)21(23)24/h2-8H,9-12H2,1H3. The molecule has 1 saturated heterocycles. The number of aryl methyl sites for hydroxylation is 1. The Hall–Kier alpha value is -2.96. The van der Waals surface area contributed by atoms with Gasteiger partial charge in [0.05, 0.1) is 4.92 Å². The van der Waals surface area contributed by atoms with Crippen molar-refractivity contribution >= 4 is 17.3 Å². The van der Waals surface area contributed by atoms with Crippen molar-refractivity contribution in [3.05, 3.63) is 64.0 Å². The van der Waals surface area contributed by atoms with Gasteiger partial charge in [0.1, 0.15) is 11.4 Å². The highest BCUT2D eigenvalue weighted by molar-refractivity contribution is 5.92. The topological polar surface area (TPSA) is 79.6 Å². The van der Waals surface area contributed by atoms with E-state index < -0.39 is 0 Å². The molecule has 0 saturated carbocycles. The van der Waals surface area contributed by atoms with Crippen molar-refractivity contribution in [3.63, 3.8) is 0 Å². The molecular weight excluding hydrogens is 308 g/mol. The number of nitrogens with zero attached hydrogens (tertiary/aromatic N) is 4. The highest BCUT2D eigenvalue weighted by Crippen LogP contribution is 2.28. The van der Waals surface area contributed by atoms with Crippen molar-refractivity contribution in [2.24, 2.45) is 0 Å². The molecule has 0 unspecified atom stereocenters. The lowest BCUT2D eigenvalue weighted by Gasteiger charge is -2.35. The molecular formula is C17H18N4O3. The zero-order valence-corrected chi connectivity index (χ0v) is 13.4. The Bertz CT molecular complexity index is 770. The summed E-state index contributed by atoms with van der Waals surface area (Å²) in [4.78, 5) is 31.3. The number of amides is 1. The number of pyridine rings is 1. The van der Waals surface area contributed by atoms with Gasteiger partial charge in [-0.15, -0.1) is 0 Å². The molecule has 7 heteroatoms. The third-order valence-corrected chi connectivity index (χ3v) is 4.09. The maximum Gasteiger partial charge on any atom is 0.292 e. The van der Waals surface area contributed by atoms with Crippen LogP contribution >= 0.6 is 0 Å². The quantitative estimate of drug-likeness (QED) is 0.638. The minimum absolute atomic E-state index is 0.0950. The van der Waals surface area contributed by atoms with Gasteiger partial charge < -0.3 is 9.80 Å². The molecule has 0 radical (unpaired) electrons. The van der Waals surface area contributed by atoms with Gasteiger partial charge in [-0.25, -0.2) is 4.98 Å². The van der Waals surface area contributed by atoms with E-state index in [1.165, 1.54) is 6.07 Å². The summed E-state index contributed by atoms with van der Waals surface area (Å²) in [6, 6.07) is 12.1. The SMILES string of the molecule is Cc1cccc(C(=O)N2CCN(c3ccccc3[N+](=O)[O-])CC2)n1. The lowest BCUT2D eigenvalue weighted by atomic mass is 10.2. The Morgan fingerprint density at radius 3 is 2.46 bits per heavy atom. The Kier molecular flexibility index (Phi) is 4.41. The number of nitro benzene ring substituents is 1. The van der Waals surface area contributed by atoms with Gasteiger partial charge in [0, 0.05) is 37.9 Å². The molecule has 0 atom stereocenters. The molecule has 124 valence electrons. The molecule has 1 fully saturated rings. The molecule has 1 aliphatic heterocycles. The molecule has 2 aromatic rings. The smallest absolute Gasteiger partial charge is 0.292 e. The number of hydrogen-bond donors (Lipinski definition) is 0. The number of nitro groups is 1. The predicted molar refractivity (Wildman–Crippen MR) is 90.2 cm³/mol. The van der Waals surface area contributed by atoms with E-state index in [9.17, 15) is 14.9 Å². The Labute approximate surface area is 139 Å².